The van der Waals surface area contributed by atoms with E-state index in [0.29, 0.717) is 18.9 Å². The second-order valence-electron chi connectivity index (χ2n) is 5.27. The molecule has 2 aromatic carbocycles. The molecule has 0 amide bonds. The van der Waals surface area contributed by atoms with Crippen molar-refractivity contribution in [2.24, 2.45) is 0 Å². The minimum atomic E-state index is -0.236. The van der Waals surface area contributed by atoms with Crippen molar-refractivity contribution in [3.05, 3.63) is 65.5 Å². The molecule has 3 rings (SSSR count). The van der Waals surface area contributed by atoms with E-state index < -0.39 is 0 Å². The van der Waals surface area contributed by atoms with Gasteiger partial charge in [0.2, 0.25) is 0 Å². The van der Waals surface area contributed by atoms with Crippen LogP contribution in [0.15, 0.2) is 48.5 Å². The maximum absolute atomic E-state index is 13.0. The molecule has 0 spiro atoms. The highest BCUT2D eigenvalue weighted by molar-refractivity contribution is 5.31. The fourth-order valence-corrected chi connectivity index (χ4v) is 2.61. The van der Waals surface area contributed by atoms with Gasteiger partial charge in [-0.25, -0.2) is 4.39 Å². The number of aromatic hydroxyl groups is 1. The highest BCUT2D eigenvalue weighted by atomic mass is 19.1. The van der Waals surface area contributed by atoms with Crippen LogP contribution in [0.1, 0.15) is 17.2 Å². The predicted molar refractivity (Wildman–Crippen MR) is 78.5 cm³/mol. The smallest absolute Gasteiger partial charge is 0.123 e. The van der Waals surface area contributed by atoms with Crippen molar-refractivity contribution in [3.63, 3.8) is 0 Å². The third-order valence-corrected chi connectivity index (χ3v) is 3.78. The lowest BCUT2D eigenvalue weighted by molar-refractivity contribution is -0.0331. The number of phenolic OH excluding ortho intramolecular Hbond substituents is 1. The molecule has 1 N–H and O–H groups in total. The van der Waals surface area contributed by atoms with E-state index in [1.165, 1.54) is 12.1 Å². The zero-order valence-corrected chi connectivity index (χ0v) is 11.7. The van der Waals surface area contributed by atoms with Gasteiger partial charge in [0.25, 0.3) is 0 Å². The van der Waals surface area contributed by atoms with Crippen LogP contribution >= 0.6 is 0 Å². The van der Waals surface area contributed by atoms with Crippen LogP contribution in [0.2, 0.25) is 0 Å². The van der Waals surface area contributed by atoms with E-state index in [-0.39, 0.29) is 11.9 Å². The Morgan fingerprint density at radius 1 is 1.14 bits per heavy atom. The largest absolute Gasteiger partial charge is 0.508 e. The maximum Gasteiger partial charge on any atom is 0.123 e. The van der Waals surface area contributed by atoms with Gasteiger partial charge in [0, 0.05) is 25.2 Å². The van der Waals surface area contributed by atoms with Crippen LogP contribution in [0.3, 0.4) is 0 Å². The number of morpholine rings is 1. The van der Waals surface area contributed by atoms with Crippen LogP contribution in [-0.4, -0.2) is 29.7 Å². The molecule has 0 aromatic heterocycles. The highest BCUT2D eigenvalue weighted by Gasteiger charge is 2.22. The molecular formula is C17H18FNO2. The van der Waals surface area contributed by atoms with Gasteiger partial charge in [-0.2, -0.15) is 0 Å². The Kier molecular flexibility index (Phi) is 4.18. The maximum atomic E-state index is 13.0. The van der Waals surface area contributed by atoms with Crippen LogP contribution in [0, 0.1) is 5.82 Å². The Labute approximate surface area is 123 Å². The number of nitrogens with zero attached hydrogens (tertiary/aromatic N) is 1. The summed E-state index contributed by atoms with van der Waals surface area (Å²) in [5.41, 5.74) is 1.90. The minimum absolute atomic E-state index is 0.0507. The van der Waals surface area contributed by atoms with Crippen molar-refractivity contribution < 1.29 is 14.2 Å². The van der Waals surface area contributed by atoms with Crippen LogP contribution in [-0.2, 0) is 11.3 Å². The summed E-state index contributed by atoms with van der Waals surface area (Å²) in [5, 5.41) is 9.86. The molecule has 1 saturated heterocycles. The molecule has 0 aliphatic carbocycles. The first kappa shape index (κ1) is 14.0. The van der Waals surface area contributed by atoms with Gasteiger partial charge < -0.3 is 9.84 Å². The molecule has 4 heteroatoms. The van der Waals surface area contributed by atoms with Crippen LogP contribution in [0.4, 0.5) is 4.39 Å². The second-order valence-corrected chi connectivity index (χ2v) is 5.27. The Morgan fingerprint density at radius 3 is 2.67 bits per heavy atom. The van der Waals surface area contributed by atoms with Crippen molar-refractivity contribution in [2.75, 3.05) is 19.7 Å². The van der Waals surface area contributed by atoms with Gasteiger partial charge in [0.05, 0.1) is 12.7 Å². The number of halogens is 1. The van der Waals surface area contributed by atoms with Crippen molar-refractivity contribution in [2.45, 2.75) is 12.6 Å². The quantitative estimate of drug-likeness (QED) is 0.941. The molecule has 1 aliphatic heterocycles. The summed E-state index contributed by atoms with van der Waals surface area (Å²) in [4.78, 5) is 2.24. The van der Waals surface area contributed by atoms with Gasteiger partial charge in [-0.15, -0.1) is 0 Å². The highest BCUT2D eigenvalue weighted by Crippen LogP contribution is 2.25. The lowest BCUT2D eigenvalue weighted by Gasteiger charge is -2.33. The van der Waals surface area contributed by atoms with Crippen molar-refractivity contribution in [1.82, 2.24) is 4.90 Å². The van der Waals surface area contributed by atoms with Crippen LogP contribution < -0.4 is 0 Å². The van der Waals surface area contributed by atoms with Gasteiger partial charge in [-0.05, 0) is 23.8 Å². The summed E-state index contributed by atoms with van der Waals surface area (Å²) in [5.74, 6) is 0.0861. The average molecular weight is 287 g/mol. The summed E-state index contributed by atoms with van der Waals surface area (Å²) < 4.78 is 18.8. The van der Waals surface area contributed by atoms with E-state index in [0.717, 1.165) is 24.2 Å². The molecule has 1 aliphatic rings. The van der Waals surface area contributed by atoms with Gasteiger partial charge >= 0.3 is 0 Å². The Hall–Kier alpha value is -1.91. The first-order valence-electron chi connectivity index (χ1n) is 7.08. The molecule has 1 heterocycles. The van der Waals surface area contributed by atoms with E-state index in [9.17, 15) is 9.50 Å². The molecule has 0 saturated carbocycles. The number of phenols is 1. The SMILES string of the molecule is Oc1ccccc1CN1CCOC(c2ccc(F)cc2)C1. The van der Waals surface area contributed by atoms with E-state index in [1.807, 2.05) is 18.2 Å². The third-order valence-electron chi connectivity index (χ3n) is 3.78. The van der Waals surface area contributed by atoms with E-state index >= 15 is 0 Å². The number of rotatable bonds is 3. The summed E-state index contributed by atoms with van der Waals surface area (Å²) in [6.45, 7) is 2.88. The Bertz CT molecular complexity index is 600. The van der Waals surface area contributed by atoms with Gasteiger partial charge in [0.15, 0.2) is 0 Å². The number of para-hydroxylation sites is 1. The Balaban J connectivity index is 1.68. The molecule has 1 fully saturated rings. The number of hydrogen-bond acceptors (Lipinski definition) is 3. The van der Waals surface area contributed by atoms with Gasteiger partial charge in [0.1, 0.15) is 11.6 Å². The van der Waals surface area contributed by atoms with E-state index in [4.69, 9.17) is 4.74 Å². The summed E-state index contributed by atoms with van der Waals surface area (Å²) in [6.07, 6.45) is -0.0507. The molecule has 110 valence electrons. The fourth-order valence-electron chi connectivity index (χ4n) is 2.61. The molecule has 3 nitrogen and oxygen atoms in total. The van der Waals surface area contributed by atoms with E-state index in [2.05, 4.69) is 4.90 Å². The Morgan fingerprint density at radius 2 is 1.90 bits per heavy atom. The third kappa shape index (κ3) is 3.40. The molecule has 1 unspecified atom stereocenters. The molecule has 1 atom stereocenters. The zero-order chi connectivity index (χ0) is 14.7. The number of benzene rings is 2. The molecule has 0 bridgehead atoms. The summed E-state index contributed by atoms with van der Waals surface area (Å²) in [7, 11) is 0. The fraction of sp³-hybridized carbons (Fsp3) is 0.294. The monoisotopic (exact) mass is 287 g/mol. The summed E-state index contributed by atoms with van der Waals surface area (Å²) >= 11 is 0. The van der Waals surface area contributed by atoms with Crippen LogP contribution in [0.5, 0.6) is 5.75 Å². The normalized spacial score (nSPS) is 19.6. The lowest BCUT2D eigenvalue weighted by Crippen LogP contribution is -2.37. The standard InChI is InChI=1S/C17H18FNO2/c18-15-7-5-13(6-8-15)17-12-19(9-10-21-17)11-14-3-1-2-4-16(14)20/h1-8,17,20H,9-12H2. The molecule has 0 radical (unpaired) electrons. The van der Waals surface area contributed by atoms with Gasteiger partial charge in [-0.3, -0.25) is 4.90 Å². The van der Waals surface area contributed by atoms with Crippen molar-refractivity contribution in [3.8, 4) is 5.75 Å². The summed E-state index contributed by atoms with van der Waals surface area (Å²) in [6, 6.07) is 13.8. The van der Waals surface area contributed by atoms with Crippen LogP contribution in [0.25, 0.3) is 0 Å². The van der Waals surface area contributed by atoms with Gasteiger partial charge in [-0.1, -0.05) is 30.3 Å². The molecular weight excluding hydrogens is 269 g/mol. The lowest BCUT2D eigenvalue weighted by atomic mass is 10.1. The minimum Gasteiger partial charge on any atom is -0.508 e. The number of hydrogen-bond donors (Lipinski definition) is 1. The van der Waals surface area contributed by atoms with E-state index in [1.54, 1.807) is 18.2 Å². The first-order chi connectivity index (χ1) is 10.2. The average Bonchev–Trinajstić information content (AvgIpc) is 2.51. The molecule has 21 heavy (non-hydrogen) atoms. The zero-order valence-electron chi connectivity index (χ0n) is 11.7. The topological polar surface area (TPSA) is 32.7 Å². The predicted octanol–water partition coefficient (Wildman–Crippen LogP) is 3.10. The van der Waals surface area contributed by atoms with Crippen molar-refractivity contribution in [1.29, 1.82) is 0 Å². The molecule has 2 aromatic rings. The van der Waals surface area contributed by atoms with Crippen molar-refractivity contribution >= 4 is 0 Å². The second kappa shape index (κ2) is 6.24. The first-order valence-corrected chi connectivity index (χ1v) is 7.08. The number of ether oxygens (including phenoxy) is 1.